The zero-order valence-electron chi connectivity index (χ0n) is 10.2. The van der Waals surface area contributed by atoms with Crippen molar-refractivity contribution in [2.75, 3.05) is 32.7 Å². The van der Waals surface area contributed by atoms with E-state index >= 15 is 0 Å². The highest BCUT2D eigenvalue weighted by molar-refractivity contribution is 5.78. The first kappa shape index (κ1) is 11.9. The van der Waals surface area contributed by atoms with Gasteiger partial charge in [-0.3, -0.25) is 9.69 Å². The highest BCUT2D eigenvalue weighted by Gasteiger charge is 2.39. The van der Waals surface area contributed by atoms with Crippen LogP contribution in [0.1, 0.15) is 32.6 Å². The van der Waals surface area contributed by atoms with Crippen LogP contribution in [0.5, 0.6) is 0 Å². The molecule has 0 spiro atoms. The first-order valence-electron chi connectivity index (χ1n) is 6.42. The first-order valence-corrected chi connectivity index (χ1v) is 6.42. The molecule has 0 aromatic heterocycles. The molecule has 0 atom stereocenters. The summed E-state index contributed by atoms with van der Waals surface area (Å²) in [5, 5.41) is 0. The van der Waals surface area contributed by atoms with Crippen molar-refractivity contribution in [2.24, 2.45) is 5.73 Å². The topological polar surface area (TPSA) is 49.6 Å². The van der Waals surface area contributed by atoms with Gasteiger partial charge < -0.3 is 10.6 Å². The highest BCUT2D eigenvalue weighted by atomic mass is 16.2. The van der Waals surface area contributed by atoms with E-state index in [1.165, 1.54) is 12.8 Å². The molecule has 0 saturated carbocycles. The fraction of sp³-hybridized carbons (Fsp3) is 0.917. The maximum atomic E-state index is 11.9. The number of hydrogen-bond donors (Lipinski definition) is 1. The number of rotatable bonds is 4. The maximum absolute atomic E-state index is 11.9. The zero-order valence-corrected chi connectivity index (χ0v) is 10.2. The number of nitrogens with zero attached hydrogens (tertiary/aromatic N) is 2. The average Bonchev–Trinajstić information content (AvgIpc) is 2.68. The van der Waals surface area contributed by atoms with Gasteiger partial charge in [0.2, 0.25) is 5.91 Å². The SMILES string of the molecule is CCCC1(N)CN(CC(=O)N2CCCC2)C1. The summed E-state index contributed by atoms with van der Waals surface area (Å²) >= 11 is 0. The van der Waals surface area contributed by atoms with Gasteiger partial charge in [-0.25, -0.2) is 0 Å². The predicted octanol–water partition coefficient (Wildman–Crippen LogP) is 0.422. The molecule has 0 unspecified atom stereocenters. The molecule has 0 aliphatic carbocycles. The molecular formula is C12H23N3O. The van der Waals surface area contributed by atoms with Gasteiger partial charge in [-0.15, -0.1) is 0 Å². The molecule has 2 saturated heterocycles. The Balaban J connectivity index is 1.70. The Morgan fingerprint density at radius 2 is 1.94 bits per heavy atom. The van der Waals surface area contributed by atoms with Crippen molar-refractivity contribution in [2.45, 2.75) is 38.1 Å². The Morgan fingerprint density at radius 3 is 2.50 bits per heavy atom. The minimum absolute atomic E-state index is 0.0138. The molecule has 0 radical (unpaired) electrons. The lowest BCUT2D eigenvalue weighted by Crippen LogP contribution is -2.68. The van der Waals surface area contributed by atoms with Crippen LogP contribution in [0.3, 0.4) is 0 Å². The second-order valence-electron chi connectivity index (χ2n) is 5.35. The molecule has 2 rings (SSSR count). The molecule has 2 N–H and O–H groups in total. The van der Waals surface area contributed by atoms with Crippen LogP contribution in [0, 0.1) is 0 Å². The third-order valence-corrected chi connectivity index (χ3v) is 3.64. The van der Waals surface area contributed by atoms with Gasteiger partial charge in [-0.05, 0) is 19.3 Å². The molecule has 4 nitrogen and oxygen atoms in total. The average molecular weight is 225 g/mol. The largest absolute Gasteiger partial charge is 0.342 e. The Labute approximate surface area is 97.8 Å². The van der Waals surface area contributed by atoms with Crippen molar-refractivity contribution in [3.63, 3.8) is 0 Å². The Hall–Kier alpha value is -0.610. The predicted molar refractivity (Wildman–Crippen MR) is 64.1 cm³/mol. The van der Waals surface area contributed by atoms with Crippen LogP contribution >= 0.6 is 0 Å². The number of likely N-dealkylation sites (tertiary alicyclic amines) is 2. The van der Waals surface area contributed by atoms with Gasteiger partial charge >= 0.3 is 0 Å². The molecule has 2 fully saturated rings. The van der Waals surface area contributed by atoms with Crippen molar-refractivity contribution in [3.05, 3.63) is 0 Å². The number of nitrogens with two attached hydrogens (primary N) is 1. The summed E-state index contributed by atoms with van der Waals surface area (Å²) in [5.41, 5.74) is 6.15. The Morgan fingerprint density at radius 1 is 1.31 bits per heavy atom. The Bertz CT molecular complexity index is 255. The number of carbonyl (C=O) groups excluding carboxylic acids is 1. The lowest BCUT2D eigenvalue weighted by atomic mass is 9.86. The molecule has 0 aromatic carbocycles. The summed E-state index contributed by atoms with van der Waals surface area (Å²) in [4.78, 5) is 16.0. The van der Waals surface area contributed by atoms with Crippen LogP contribution in [0.15, 0.2) is 0 Å². The van der Waals surface area contributed by atoms with E-state index in [9.17, 15) is 4.79 Å². The van der Waals surface area contributed by atoms with E-state index in [1.54, 1.807) is 0 Å². The summed E-state index contributed by atoms with van der Waals surface area (Å²) in [6.45, 7) is 6.42. The van der Waals surface area contributed by atoms with Crippen molar-refractivity contribution < 1.29 is 4.79 Å². The molecule has 0 aromatic rings. The quantitative estimate of drug-likeness (QED) is 0.754. The number of carbonyl (C=O) groups is 1. The molecular weight excluding hydrogens is 202 g/mol. The molecule has 2 aliphatic rings. The summed E-state index contributed by atoms with van der Waals surface area (Å²) in [5.74, 6) is 0.288. The van der Waals surface area contributed by atoms with Gasteiger partial charge in [-0.2, -0.15) is 0 Å². The number of hydrogen-bond acceptors (Lipinski definition) is 3. The van der Waals surface area contributed by atoms with Crippen LogP contribution in [0.2, 0.25) is 0 Å². The van der Waals surface area contributed by atoms with E-state index in [2.05, 4.69) is 11.8 Å². The minimum Gasteiger partial charge on any atom is -0.342 e. The van der Waals surface area contributed by atoms with E-state index < -0.39 is 0 Å². The maximum Gasteiger partial charge on any atom is 0.236 e. The molecule has 92 valence electrons. The molecule has 1 amide bonds. The Kier molecular flexibility index (Phi) is 3.50. The summed E-state index contributed by atoms with van der Waals surface area (Å²) < 4.78 is 0. The van der Waals surface area contributed by atoms with E-state index in [1.807, 2.05) is 4.90 Å². The minimum atomic E-state index is -0.0138. The van der Waals surface area contributed by atoms with Crippen LogP contribution in [-0.2, 0) is 4.79 Å². The fourth-order valence-corrected chi connectivity index (χ4v) is 2.87. The summed E-state index contributed by atoms with van der Waals surface area (Å²) in [6.07, 6.45) is 4.54. The van der Waals surface area contributed by atoms with Gasteiger partial charge in [0.1, 0.15) is 0 Å². The van der Waals surface area contributed by atoms with Gasteiger partial charge in [0.15, 0.2) is 0 Å². The van der Waals surface area contributed by atoms with Crippen molar-refractivity contribution >= 4 is 5.91 Å². The van der Waals surface area contributed by atoms with Gasteiger partial charge in [0, 0.05) is 31.7 Å². The third-order valence-electron chi connectivity index (χ3n) is 3.64. The molecule has 2 heterocycles. The second-order valence-corrected chi connectivity index (χ2v) is 5.35. The van der Waals surface area contributed by atoms with Crippen molar-refractivity contribution in [1.29, 1.82) is 0 Å². The standard InChI is InChI=1S/C12H23N3O/c1-2-5-12(13)9-14(10-12)8-11(16)15-6-3-4-7-15/h2-10,13H2,1H3. The van der Waals surface area contributed by atoms with E-state index in [0.717, 1.165) is 39.0 Å². The van der Waals surface area contributed by atoms with Crippen LogP contribution in [0.25, 0.3) is 0 Å². The van der Waals surface area contributed by atoms with Crippen molar-refractivity contribution in [3.8, 4) is 0 Å². The summed E-state index contributed by atoms with van der Waals surface area (Å²) in [7, 11) is 0. The van der Waals surface area contributed by atoms with Gasteiger partial charge in [-0.1, -0.05) is 13.3 Å². The fourth-order valence-electron chi connectivity index (χ4n) is 2.87. The molecule has 2 aliphatic heterocycles. The first-order chi connectivity index (χ1) is 7.63. The normalized spacial score (nSPS) is 24.5. The summed E-state index contributed by atoms with van der Waals surface area (Å²) in [6, 6.07) is 0. The molecule has 16 heavy (non-hydrogen) atoms. The van der Waals surface area contributed by atoms with Gasteiger partial charge in [0.05, 0.1) is 6.54 Å². The lowest BCUT2D eigenvalue weighted by Gasteiger charge is -2.47. The monoisotopic (exact) mass is 225 g/mol. The van der Waals surface area contributed by atoms with E-state index in [-0.39, 0.29) is 11.4 Å². The lowest BCUT2D eigenvalue weighted by molar-refractivity contribution is -0.133. The van der Waals surface area contributed by atoms with Crippen LogP contribution in [-0.4, -0.2) is 54.0 Å². The smallest absolute Gasteiger partial charge is 0.236 e. The third kappa shape index (κ3) is 2.55. The van der Waals surface area contributed by atoms with Crippen LogP contribution < -0.4 is 5.73 Å². The van der Waals surface area contributed by atoms with Crippen LogP contribution in [0.4, 0.5) is 0 Å². The molecule has 4 heteroatoms. The zero-order chi connectivity index (χ0) is 11.6. The number of amides is 1. The highest BCUT2D eigenvalue weighted by Crippen LogP contribution is 2.23. The van der Waals surface area contributed by atoms with E-state index in [0.29, 0.717) is 6.54 Å². The second kappa shape index (κ2) is 4.72. The van der Waals surface area contributed by atoms with Crippen molar-refractivity contribution in [1.82, 2.24) is 9.80 Å². The molecule has 0 bridgehead atoms. The van der Waals surface area contributed by atoms with Gasteiger partial charge in [0.25, 0.3) is 0 Å². The van der Waals surface area contributed by atoms with E-state index in [4.69, 9.17) is 5.73 Å².